The van der Waals surface area contributed by atoms with Crippen LogP contribution in [0.5, 0.6) is 0 Å². The van der Waals surface area contributed by atoms with E-state index in [1.54, 1.807) is 13.0 Å². The largest absolute Gasteiger partial charge is 0.453 e. The molecular formula is C18H23NO4. The van der Waals surface area contributed by atoms with Crippen molar-refractivity contribution in [3.63, 3.8) is 0 Å². The first-order valence-corrected chi connectivity index (χ1v) is 8.28. The number of hydrogen-bond donors (Lipinski definition) is 0. The van der Waals surface area contributed by atoms with Gasteiger partial charge in [-0.3, -0.25) is 4.90 Å². The predicted molar refractivity (Wildman–Crippen MR) is 85.4 cm³/mol. The van der Waals surface area contributed by atoms with Crippen LogP contribution in [0.3, 0.4) is 0 Å². The second-order valence-electron chi connectivity index (χ2n) is 6.43. The van der Waals surface area contributed by atoms with Crippen molar-refractivity contribution in [1.29, 1.82) is 0 Å². The summed E-state index contributed by atoms with van der Waals surface area (Å²) in [6.07, 6.45) is 9.70. The van der Waals surface area contributed by atoms with Crippen molar-refractivity contribution in [2.45, 2.75) is 51.7 Å². The van der Waals surface area contributed by atoms with E-state index in [4.69, 9.17) is 9.47 Å². The van der Waals surface area contributed by atoms with E-state index in [1.165, 1.54) is 0 Å². The van der Waals surface area contributed by atoms with Crippen molar-refractivity contribution in [1.82, 2.24) is 4.90 Å². The molecule has 0 aliphatic carbocycles. The summed E-state index contributed by atoms with van der Waals surface area (Å²) in [5, 5.41) is 0. The van der Waals surface area contributed by atoms with Gasteiger partial charge in [-0.1, -0.05) is 0 Å². The summed E-state index contributed by atoms with van der Waals surface area (Å²) in [6, 6.07) is 0.301. The zero-order valence-electron chi connectivity index (χ0n) is 13.7. The first-order chi connectivity index (χ1) is 11.0. The predicted octanol–water partition coefficient (Wildman–Crippen LogP) is 2.49. The molecule has 0 aromatic carbocycles. The highest BCUT2D eigenvalue weighted by molar-refractivity contribution is 5.92. The summed E-state index contributed by atoms with van der Waals surface area (Å²) in [6.45, 7) is 5.59. The molecule has 23 heavy (non-hydrogen) atoms. The van der Waals surface area contributed by atoms with E-state index in [0.29, 0.717) is 17.4 Å². The summed E-state index contributed by atoms with van der Waals surface area (Å²) in [4.78, 5) is 25.2. The van der Waals surface area contributed by atoms with Crippen molar-refractivity contribution < 1.29 is 19.1 Å². The number of hydrogen-bond acceptors (Lipinski definition) is 5. The Morgan fingerprint density at radius 2 is 2.09 bits per heavy atom. The minimum Gasteiger partial charge on any atom is -0.453 e. The van der Waals surface area contributed by atoms with Gasteiger partial charge in [0.05, 0.1) is 6.04 Å². The maximum Gasteiger partial charge on any atom is 0.339 e. The lowest BCUT2D eigenvalue weighted by Gasteiger charge is -2.27. The average Bonchev–Trinajstić information content (AvgIpc) is 3.18. The van der Waals surface area contributed by atoms with Crippen LogP contribution in [0.1, 0.15) is 39.5 Å². The first-order valence-electron chi connectivity index (χ1n) is 8.28. The van der Waals surface area contributed by atoms with Crippen molar-refractivity contribution in [3.8, 4) is 0 Å². The zero-order valence-corrected chi connectivity index (χ0v) is 13.7. The Labute approximate surface area is 136 Å². The van der Waals surface area contributed by atoms with Gasteiger partial charge in [0.25, 0.3) is 0 Å². The number of likely N-dealkylation sites (tertiary alicyclic amines) is 1. The van der Waals surface area contributed by atoms with Gasteiger partial charge in [-0.2, -0.15) is 0 Å². The summed E-state index contributed by atoms with van der Waals surface area (Å²) < 4.78 is 10.6. The molecular weight excluding hydrogens is 294 g/mol. The number of unbranched alkanes of at least 4 members (excludes halogenated alkanes) is 1. The summed E-state index contributed by atoms with van der Waals surface area (Å²) in [7, 11) is 0. The van der Waals surface area contributed by atoms with Crippen LogP contribution in [-0.2, 0) is 19.1 Å². The fraction of sp³-hybridized carbons (Fsp3) is 0.556. The lowest BCUT2D eigenvalue weighted by Crippen LogP contribution is -2.39. The fourth-order valence-corrected chi connectivity index (χ4v) is 3.38. The third-order valence-corrected chi connectivity index (χ3v) is 4.66. The van der Waals surface area contributed by atoms with Gasteiger partial charge in [-0.25, -0.2) is 9.59 Å². The van der Waals surface area contributed by atoms with E-state index in [9.17, 15) is 9.59 Å². The Morgan fingerprint density at radius 1 is 1.26 bits per heavy atom. The molecule has 0 N–H and O–H groups in total. The molecule has 3 aliphatic heterocycles. The van der Waals surface area contributed by atoms with E-state index in [1.807, 2.05) is 19.1 Å². The molecule has 124 valence electrons. The standard InChI is InChI=1S/C18H23NO4/c1-12-10-14(22-17(12)20)6-3-4-8-19-9-5-7-15(19)16-11-13(2)18(21)23-16/h6,10-11,15-16H,3-5,7-9H2,1-2H3/t15-,16+/m1/s1. The van der Waals surface area contributed by atoms with Gasteiger partial charge in [-0.05, 0) is 70.8 Å². The highest BCUT2D eigenvalue weighted by Gasteiger charge is 2.36. The summed E-state index contributed by atoms with van der Waals surface area (Å²) >= 11 is 0. The third kappa shape index (κ3) is 3.55. The Kier molecular flexibility index (Phi) is 4.66. The van der Waals surface area contributed by atoms with Crippen LogP contribution < -0.4 is 0 Å². The monoisotopic (exact) mass is 317 g/mol. The van der Waals surface area contributed by atoms with Gasteiger partial charge in [0.2, 0.25) is 0 Å². The minimum atomic E-state index is -0.249. The Bertz CT molecular complexity index is 602. The number of rotatable bonds is 5. The van der Waals surface area contributed by atoms with Crippen molar-refractivity contribution in [2.24, 2.45) is 0 Å². The quantitative estimate of drug-likeness (QED) is 0.576. The maximum atomic E-state index is 11.5. The number of carbonyl (C=O) groups is 2. The molecule has 5 heteroatoms. The first kappa shape index (κ1) is 16.0. The van der Waals surface area contributed by atoms with Gasteiger partial charge in [0.1, 0.15) is 11.9 Å². The van der Waals surface area contributed by atoms with E-state index >= 15 is 0 Å². The molecule has 0 radical (unpaired) electrons. The Balaban J connectivity index is 1.48. The van der Waals surface area contributed by atoms with Crippen LogP contribution in [-0.4, -0.2) is 42.1 Å². The third-order valence-electron chi connectivity index (χ3n) is 4.66. The minimum absolute atomic E-state index is 0.0928. The molecule has 0 amide bonds. The van der Waals surface area contributed by atoms with Crippen LogP contribution in [0.4, 0.5) is 0 Å². The Morgan fingerprint density at radius 3 is 2.74 bits per heavy atom. The molecule has 1 fully saturated rings. The van der Waals surface area contributed by atoms with Crippen LogP contribution >= 0.6 is 0 Å². The molecule has 0 aromatic rings. The number of ether oxygens (including phenoxy) is 2. The molecule has 5 nitrogen and oxygen atoms in total. The van der Waals surface area contributed by atoms with Crippen molar-refractivity contribution >= 4 is 11.9 Å². The van der Waals surface area contributed by atoms with Crippen molar-refractivity contribution in [2.75, 3.05) is 13.1 Å². The molecule has 2 atom stereocenters. The molecule has 0 spiro atoms. The molecule has 1 saturated heterocycles. The number of esters is 2. The number of carbonyl (C=O) groups excluding carboxylic acids is 2. The van der Waals surface area contributed by atoms with Crippen molar-refractivity contribution in [3.05, 3.63) is 35.1 Å². The zero-order chi connectivity index (χ0) is 16.4. The molecule has 0 bridgehead atoms. The summed E-state index contributed by atoms with van der Waals surface area (Å²) in [5.41, 5.74) is 1.37. The van der Waals surface area contributed by atoms with E-state index < -0.39 is 0 Å². The van der Waals surface area contributed by atoms with Gasteiger partial charge >= 0.3 is 11.9 Å². The molecule has 0 saturated carbocycles. The molecule has 3 aliphatic rings. The topological polar surface area (TPSA) is 55.8 Å². The fourth-order valence-electron chi connectivity index (χ4n) is 3.38. The molecule has 0 unspecified atom stereocenters. The van der Waals surface area contributed by atoms with Crippen LogP contribution in [0.15, 0.2) is 35.1 Å². The lowest BCUT2D eigenvalue weighted by molar-refractivity contribution is -0.141. The van der Waals surface area contributed by atoms with E-state index in [0.717, 1.165) is 44.3 Å². The average molecular weight is 317 g/mol. The number of cyclic esters (lactones) is 2. The van der Waals surface area contributed by atoms with E-state index in [2.05, 4.69) is 4.90 Å². The molecule has 3 rings (SSSR count). The van der Waals surface area contributed by atoms with Crippen LogP contribution in [0.2, 0.25) is 0 Å². The van der Waals surface area contributed by atoms with Gasteiger partial charge in [0, 0.05) is 11.1 Å². The SMILES string of the molecule is CC1=CC(=CCCCN2CCC[C@@H]2[C@@H]2C=C(C)C(=O)O2)OC1=O. The normalized spacial score (nSPS) is 29.7. The van der Waals surface area contributed by atoms with Gasteiger partial charge in [0.15, 0.2) is 0 Å². The second-order valence-corrected chi connectivity index (χ2v) is 6.43. The van der Waals surface area contributed by atoms with Crippen LogP contribution in [0, 0.1) is 0 Å². The second kappa shape index (κ2) is 6.71. The highest BCUT2D eigenvalue weighted by Crippen LogP contribution is 2.27. The number of allylic oxidation sites excluding steroid dienone is 2. The van der Waals surface area contributed by atoms with Gasteiger partial charge in [-0.15, -0.1) is 0 Å². The maximum absolute atomic E-state index is 11.5. The van der Waals surface area contributed by atoms with E-state index in [-0.39, 0.29) is 18.0 Å². The number of nitrogens with zero attached hydrogens (tertiary/aromatic N) is 1. The molecule has 3 heterocycles. The summed E-state index contributed by atoms with van der Waals surface area (Å²) in [5.74, 6) is 0.228. The van der Waals surface area contributed by atoms with Crippen LogP contribution in [0.25, 0.3) is 0 Å². The van der Waals surface area contributed by atoms with Gasteiger partial charge < -0.3 is 9.47 Å². The Hall–Kier alpha value is -1.88. The molecule has 0 aromatic heterocycles. The lowest BCUT2D eigenvalue weighted by atomic mass is 10.1. The smallest absolute Gasteiger partial charge is 0.339 e. The highest BCUT2D eigenvalue weighted by atomic mass is 16.6.